The molecule has 0 atom stereocenters. The van der Waals surface area contributed by atoms with Crippen LogP contribution in [-0.4, -0.2) is 14.4 Å². The van der Waals surface area contributed by atoms with Gasteiger partial charge < -0.3 is 4.42 Å². The lowest BCUT2D eigenvalue weighted by molar-refractivity contribution is 0.643. The van der Waals surface area contributed by atoms with Crippen LogP contribution in [0.3, 0.4) is 0 Å². The number of benzene rings is 8. The predicted octanol–water partition coefficient (Wildman–Crippen LogP) is 12.2. The third-order valence-corrected chi connectivity index (χ3v) is 10.2. The summed E-state index contributed by atoms with van der Waals surface area (Å²) >= 11 is 0. The highest BCUT2D eigenvalue weighted by molar-refractivity contribution is 6.24. The molecule has 0 aliphatic heterocycles. The van der Waals surface area contributed by atoms with E-state index in [2.05, 4.69) is 150 Å². The minimum atomic E-state index is 0.559. The largest absolute Gasteiger partial charge is 0.423 e. The van der Waals surface area contributed by atoms with Gasteiger partial charge in [0.1, 0.15) is 11.0 Å². The quantitative estimate of drug-likeness (QED) is 0.181. The van der Waals surface area contributed by atoms with Gasteiger partial charge in [0.2, 0.25) is 0 Å². The van der Waals surface area contributed by atoms with Crippen molar-refractivity contribution in [3.05, 3.63) is 164 Å². The molecule has 0 unspecified atom stereocenters. The van der Waals surface area contributed by atoms with Gasteiger partial charge in [0.15, 0.2) is 5.58 Å². The molecule has 11 aromatic rings. The summed E-state index contributed by atoms with van der Waals surface area (Å²) in [6.45, 7) is 0. The Bertz CT molecular complexity index is 3090. The molecule has 232 valence electrons. The Labute approximate surface area is 286 Å². The number of aromatic nitrogens is 3. The van der Waals surface area contributed by atoms with Crippen LogP contribution in [0.25, 0.3) is 105 Å². The predicted molar refractivity (Wildman–Crippen MR) is 207 cm³/mol. The fraction of sp³-hybridized carbons (Fsp3) is 0. The SMILES string of the molecule is c1ccc(-c2nc3ccccc3c3nc4oc5ccc(-c6c7ccccc7c(-c7cccc8ccccc78)c7ccccc67)cc5n4c23)cc1. The van der Waals surface area contributed by atoms with Crippen molar-refractivity contribution in [1.82, 2.24) is 14.4 Å². The third-order valence-electron chi connectivity index (χ3n) is 10.2. The molecule has 0 N–H and O–H groups in total. The number of fused-ring (bicyclic) bond motifs is 10. The lowest BCUT2D eigenvalue weighted by Gasteiger charge is -2.18. The molecule has 4 nitrogen and oxygen atoms in total. The highest BCUT2D eigenvalue weighted by Gasteiger charge is 2.22. The maximum absolute atomic E-state index is 6.48. The summed E-state index contributed by atoms with van der Waals surface area (Å²) in [6.07, 6.45) is 0. The lowest BCUT2D eigenvalue weighted by Crippen LogP contribution is -1.93. The van der Waals surface area contributed by atoms with Crippen LogP contribution in [-0.2, 0) is 0 Å². The molecule has 0 bridgehead atoms. The van der Waals surface area contributed by atoms with Crippen LogP contribution < -0.4 is 0 Å². The number of nitrogens with zero attached hydrogens (tertiary/aromatic N) is 3. The zero-order valence-corrected chi connectivity index (χ0v) is 26.8. The Hall–Kier alpha value is -6.78. The van der Waals surface area contributed by atoms with E-state index in [1.807, 2.05) is 18.2 Å². The van der Waals surface area contributed by atoms with Gasteiger partial charge in [0.25, 0.3) is 0 Å². The highest BCUT2D eigenvalue weighted by Crippen LogP contribution is 2.46. The van der Waals surface area contributed by atoms with E-state index in [4.69, 9.17) is 14.4 Å². The number of para-hydroxylation sites is 1. The standard InChI is InChI=1S/C46H27N3O/c1-2-14-29(15-3-1)43-45-44(37-22-10-11-24-38(37)47-43)48-46-49(45)39-27-30(25-26-40(39)50-46)41-33-18-6-8-20-35(33)42(36-21-9-7-19-34(36)41)32-23-12-16-28-13-4-5-17-31(28)32/h1-27H. The third kappa shape index (κ3) is 3.81. The van der Waals surface area contributed by atoms with E-state index in [0.717, 1.165) is 49.9 Å². The van der Waals surface area contributed by atoms with Gasteiger partial charge >= 0.3 is 5.84 Å². The molecule has 3 aromatic heterocycles. The Balaban J connectivity index is 1.25. The minimum absolute atomic E-state index is 0.559. The van der Waals surface area contributed by atoms with E-state index in [1.54, 1.807) is 0 Å². The summed E-state index contributed by atoms with van der Waals surface area (Å²) in [6, 6.07) is 58.1. The first-order valence-corrected chi connectivity index (χ1v) is 16.9. The Kier molecular flexibility index (Phi) is 5.63. The highest BCUT2D eigenvalue weighted by atomic mass is 16.4. The molecule has 0 spiro atoms. The molecule has 0 saturated carbocycles. The number of pyridine rings is 1. The van der Waals surface area contributed by atoms with Gasteiger partial charge in [0, 0.05) is 10.9 Å². The Morgan fingerprint density at radius 1 is 0.460 bits per heavy atom. The second kappa shape index (κ2) is 10.4. The van der Waals surface area contributed by atoms with E-state index in [0.29, 0.717) is 5.84 Å². The molecule has 4 heteroatoms. The van der Waals surface area contributed by atoms with E-state index in [-0.39, 0.29) is 0 Å². The van der Waals surface area contributed by atoms with Crippen LogP contribution in [0, 0.1) is 0 Å². The van der Waals surface area contributed by atoms with E-state index < -0.39 is 0 Å². The number of rotatable bonds is 3. The summed E-state index contributed by atoms with van der Waals surface area (Å²) in [5.74, 6) is 0.559. The number of hydrogen-bond donors (Lipinski definition) is 0. The van der Waals surface area contributed by atoms with Crippen molar-refractivity contribution in [2.75, 3.05) is 0 Å². The van der Waals surface area contributed by atoms with Crippen molar-refractivity contribution in [3.8, 4) is 33.5 Å². The monoisotopic (exact) mass is 637 g/mol. The van der Waals surface area contributed by atoms with Gasteiger partial charge in [-0.1, -0.05) is 146 Å². The molecular weight excluding hydrogens is 611 g/mol. The summed E-state index contributed by atoms with van der Waals surface area (Å²) in [4.78, 5) is 10.3. The van der Waals surface area contributed by atoms with Crippen molar-refractivity contribution in [2.24, 2.45) is 0 Å². The fourth-order valence-electron chi connectivity index (χ4n) is 8.05. The van der Waals surface area contributed by atoms with Crippen molar-refractivity contribution in [3.63, 3.8) is 0 Å². The molecule has 50 heavy (non-hydrogen) atoms. The normalized spacial score (nSPS) is 12.0. The van der Waals surface area contributed by atoms with Crippen molar-refractivity contribution >= 4 is 71.2 Å². The van der Waals surface area contributed by atoms with Gasteiger partial charge in [0.05, 0.1) is 16.7 Å². The molecule has 11 rings (SSSR count). The second-order valence-corrected chi connectivity index (χ2v) is 12.9. The van der Waals surface area contributed by atoms with Gasteiger partial charge in [-0.2, -0.15) is 4.98 Å². The zero-order chi connectivity index (χ0) is 32.8. The summed E-state index contributed by atoms with van der Waals surface area (Å²) in [5.41, 5.74) is 11.2. The topological polar surface area (TPSA) is 43.3 Å². The Morgan fingerprint density at radius 2 is 1.08 bits per heavy atom. The van der Waals surface area contributed by atoms with Crippen LogP contribution >= 0.6 is 0 Å². The van der Waals surface area contributed by atoms with Gasteiger partial charge in [-0.3, -0.25) is 4.40 Å². The number of oxazole rings is 1. The van der Waals surface area contributed by atoms with Crippen LogP contribution in [0.1, 0.15) is 0 Å². The van der Waals surface area contributed by atoms with Crippen LogP contribution in [0.4, 0.5) is 0 Å². The molecule has 8 aromatic carbocycles. The summed E-state index contributed by atoms with van der Waals surface area (Å²) < 4.78 is 8.64. The van der Waals surface area contributed by atoms with Crippen LogP contribution in [0.5, 0.6) is 0 Å². The average molecular weight is 638 g/mol. The van der Waals surface area contributed by atoms with Crippen molar-refractivity contribution in [2.45, 2.75) is 0 Å². The Morgan fingerprint density at radius 3 is 1.84 bits per heavy atom. The second-order valence-electron chi connectivity index (χ2n) is 12.9. The van der Waals surface area contributed by atoms with Crippen LogP contribution in [0.15, 0.2) is 168 Å². The summed E-state index contributed by atoms with van der Waals surface area (Å²) in [7, 11) is 0. The first kappa shape index (κ1) is 27.2. The average Bonchev–Trinajstić information content (AvgIpc) is 3.73. The number of hydrogen-bond acceptors (Lipinski definition) is 3. The van der Waals surface area contributed by atoms with Crippen molar-refractivity contribution in [1.29, 1.82) is 0 Å². The molecular formula is C46H27N3O. The van der Waals surface area contributed by atoms with E-state index in [9.17, 15) is 0 Å². The zero-order valence-electron chi connectivity index (χ0n) is 26.8. The summed E-state index contributed by atoms with van der Waals surface area (Å²) in [5, 5.41) is 8.37. The molecule has 0 saturated heterocycles. The van der Waals surface area contributed by atoms with Gasteiger partial charge in [-0.25, -0.2) is 4.98 Å². The van der Waals surface area contributed by atoms with Gasteiger partial charge in [-0.05, 0) is 72.8 Å². The maximum atomic E-state index is 6.48. The number of imidazole rings is 1. The van der Waals surface area contributed by atoms with Crippen LogP contribution in [0.2, 0.25) is 0 Å². The molecule has 3 heterocycles. The minimum Gasteiger partial charge on any atom is -0.423 e. The first-order valence-electron chi connectivity index (χ1n) is 16.9. The molecule has 0 amide bonds. The first-order chi connectivity index (χ1) is 24.8. The van der Waals surface area contributed by atoms with E-state index >= 15 is 0 Å². The van der Waals surface area contributed by atoms with Crippen molar-refractivity contribution < 1.29 is 4.42 Å². The molecule has 0 aliphatic carbocycles. The molecule has 0 aliphatic rings. The lowest BCUT2D eigenvalue weighted by atomic mass is 9.85. The fourth-order valence-corrected chi connectivity index (χ4v) is 8.05. The smallest absolute Gasteiger partial charge is 0.307 e. The van der Waals surface area contributed by atoms with Gasteiger partial charge in [-0.15, -0.1) is 0 Å². The molecule has 0 radical (unpaired) electrons. The maximum Gasteiger partial charge on any atom is 0.307 e. The molecule has 0 fully saturated rings. The van der Waals surface area contributed by atoms with E-state index in [1.165, 1.54) is 49.0 Å².